The first-order chi connectivity index (χ1) is 8.65. The molecule has 0 amide bonds. The fourth-order valence-corrected chi connectivity index (χ4v) is 2.01. The minimum atomic E-state index is 1.09. The first-order valence-corrected chi connectivity index (χ1v) is 6.46. The Bertz CT molecular complexity index is 497. The topological polar surface area (TPSA) is 3.24 Å². The van der Waals surface area contributed by atoms with E-state index in [1.807, 2.05) is 0 Å². The second kappa shape index (κ2) is 5.83. The van der Waals surface area contributed by atoms with Crippen LogP contribution in [0, 0.1) is 6.92 Å². The molecule has 0 aliphatic carbocycles. The molecule has 0 N–H and O–H groups in total. The normalized spacial score (nSPS) is 10.9. The maximum absolute atomic E-state index is 2.30. The minimum absolute atomic E-state index is 1.09. The highest BCUT2D eigenvalue weighted by Crippen LogP contribution is 2.21. The summed E-state index contributed by atoms with van der Waals surface area (Å²) in [5.41, 5.74) is 5.32. The molecule has 0 spiro atoms. The fourth-order valence-electron chi connectivity index (χ4n) is 2.01. The predicted molar refractivity (Wildman–Crippen MR) is 78.9 cm³/mol. The average Bonchev–Trinajstić information content (AvgIpc) is 2.37. The van der Waals surface area contributed by atoms with Crippen molar-refractivity contribution < 1.29 is 0 Å². The Morgan fingerprint density at radius 2 is 1.61 bits per heavy atom. The van der Waals surface area contributed by atoms with Crippen molar-refractivity contribution in [3.05, 3.63) is 59.7 Å². The van der Waals surface area contributed by atoms with Crippen molar-refractivity contribution in [1.82, 2.24) is 4.90 Å². The van der Waals surface area contributed by atoms with E-state index in [0.29, 0.717) is 0 Å². The third-order valence-electron chi connectivity index (χ3n) is 3.16. The van der Waals surface area contributed by atoms with Gasteiger partial charge < -0.3 is 4.90 Å². The predicted octanol–water partition coefficient (Wildman–Crippen LogP) is 3.77. The summed E-state index contributed by atoms with van der Waals surface area (Å²) in [7, 11) is 4.23. The monoisotopic (exact) mass is 239 g/mol. The molecule has 0 saturated heterocycles. The first-order valence-electron chi connectivity index (χ1n) is 6.46. The summed E-state index contributed by atoms with van der Waals surface area (Å²) in [4.78, 5) is 2.22. The van der Waals surface area contributed by atoms with E-state index in [9.17, 15) is 0 Å². The Hall–Kier alpha value is -1.60. The molecule has 2 rings (SSSR count). The molecule has 94 valence electrons. The zero-order valence-corrected chi connectivity index (χ0v) is 11.5. The fraction of sp³-hybridized carbons (Fsp3) is 0.294. The van der Waals surface area contributed by atoms with E-state index in [2.05, 4.69) is 74.4 Å². The zero-order valence-electron chi connectivity index (χ0n) is 11.5. The minimum Gasteiger partial charge on any atom is -0.309 e. The van der Waals surface area contributed by atoms with Gasteiger partial charge in [0.2, 0.25) is 0 Å². The molecule has 0 saturated carbocycles. The summed E-state index contributed by atoms with van der Waals surface area (Å²) in [6, 6.07) is 17.6. The maximum Gasteiger partial charge on any atom is 0.00157 e. The van der Waals surface area contributed by atoms with E-state index in [1.54, 1.807) is 0 Å². The lowest BCUT2D eigenvalue weighted by Crippen LogP contribution is -2.14. The van der Waals surface area contributed by atoms with Gasteiger partial charge in [-0.05, 0) is 44.1 Å². The van der Waals surface area contributed by atoms with Crippen LogP contribution in [0.25, 0.3) is 11.1 Å². The molecule has 1 nitrogen and oxygen atoms in total. The van der Waals surface area contributed by atoms with E-state index >= 15 is 0 Å². The molecule has 0 aliphatic rings. The SMILES string of the molecule is Cc1ccc(-c2cccc(CCN(C)C)c2)cc1. The molecule has 2 aromatic rings. The van der Waals surface area contributed by atoms with Crippen molar-refractivity contribution in [2.45, 2.75) is 13.3 Å². The highest BCUT2D eigenvalue weighted by molar-refractivity contribution is 5.64. The lowest BCUT2D eigenvalue weighted by atomic mass is 10.0. The van der Waals surface area contributed by atoms with Crippen molar-refractivity contribution >= 4 is 0 Å². The maximum atomic E-state index is 2.30. The van der Waals surface area contributed by atoms with E-state index in [4.69, 9.17) is 0 Å². The van der Waals surface area contributed by atoms with Gasteiger partial charge in [0.25, 0.3) is 0 Å². The molecule has 0 fully saturated rings. The van der Waals surface area contributed by atoms with Gasteiger partial charge in [-0.25, -0.2) is 0 Å². The Kier molecular flexibility index (Phi) is 4.16. The second-order valence-corrected chi connectivity index (χ2v) is 5.12. The Labute approximate surface area is 110 Å². The number of aryl methyl sites for hydroxylation is 1. The second-order valence-electron chi connectivity index (χ2n) is 5.12. The third kappa shape index (κ3) is 3.44. The molecular weight excluding hydrogens is 218 g/mol. The Balaban J connectivity index is 2.18. The molecule has 2 aromatic carbocycles. The van der Waals surface area contributed by atoms with E-state index in [0.717, 1.165) is 13.0 Å². The lowest BCUT2D eigenvalue weighted by Gasteiger charge is -2.10. The van der Waals surface area contributed by atoms with Gasteiger partial charge in [0.1, 0.15) is 0 Å². The van der Waals surface area contributed by atoms with Crippen LogP contribution < -0.4 is 0 Å². The summed E-state index contributed by atoms with van der Waals surface area (Å²) in [6.07, 6.45) is 1.10. The molecule has 0 bridgehead atoms. The Morgan fingerprint density at radius 1 is 0.889 bits per heavy atom. The summed E-state index contributed by atoms with van der Waals surface area (Å²) in [5, 5.41) is 0. The van der Waals surface area contributed by atoms with Crippen LogP contribution in [0.15, 0.2) is 48.5 Å². The molecule has 0 atom stereocenters. The van der Waals surface area contributed by atoms with E-state index in [1.165, 1.54) is 22.3 Å². The summed E-state index contributed by atoms with van der Waals surface area (Å²) < 4.78 is 0. The molecule has 0 heterocycles. The number of benzene rings is 2. The molecule has 0 unspecified atom stereocenters. The van der Waals surface area contributed by atoms with Gasteiger partial charge in [-0.1, -0.05) is 54.1 Å². The lowest BCUT2D eigenvalue weighted by molar-refractivity contribution is 0.413. The highest BCUT2D eigenvalue weighted by Gasteiger charge is 2.00. The van der Waals surface area contributed by atoms with Crippen LogP contribution in [0.4, 0.5) is 0 Å². The number of hydrogen-bond acceptors (Lipinski definition) is 1. The van der Waals surface area contributed by atoms with Gasteiger partial charge in [0.05, 0.1) is 0 Å². The Morgan fingerprint density at radius 3 is 2.28 bits per heavy atom. The van der Waals surface area contributed by atoms with Gasteiger partial charge in [-0.2, -0.15) is 0 Å². The highest BCUT2D eigenvalue weighted by atomic mass is 15.0. The van der Waals surface area contributed by atoms with Crippen molar-refractivity contribution in [3.8, 4) is 11.1 Å². The molecule has 18 heavy (non-hydrogen) atoms. The molecular formula is C17H21N. The molecule has 0 aromatic heterocycles. The summed E-state index contributed by atoms with van der Waals surface area (Å²) >= 11 is 0. The van der Waals surface area contributed by atoms with Crippen LogP contribution in [-0.4, -0.2) is 25.5 Å². The zero-order chi connectivity index (χ0) is 13.0. The summed E-state index contributed by atoms with van der Waals surface area (Å²) in [6.45, 7) is 3.22. The molecule has 0 radical (unpaired) electrons. The molecule has 1 heteroatoms. The van der Waals surface area contributed by atoms with Gasteiger partial charge in [0.15, 0.2) is 0 Å². The summed E-state index contributed by atoms with van der Waals surface area (Å²) in [5.74, 6) is 0. The number of hydrogen-bond donors (Lipinski definition) is 0. The standard InChI is InChI=1S/C17H21N/c1-14-7-9-16(10-8-14)17-6-4-5-15(13-17)11-12-18(2)3/h4-10,13H,11-12H2,1-3H3. The van der Waals surface area contributed by atoms with Crippen LogP contribution in [0.5, 0.6) is 0 Å². The van der Waals surface area contributed by atoms with Gasteiger partial charge in [0, 0.05) is 6.54 Å². The van der Waals surface area contributed by atoms with Crippen molar-refractivity contribution in [2.75, 3.05) is 20.6 Å². The number of nitrogens with zero attached hydrogens (tertiary/aromatic N) is 1. The largest absolute Gasteiger partial charge is 0.309 e. The van der Waals surface area contributed by atoms with Crippen molar-refractivity contribution in [2.24, 2.45) is 0 Å². The van der Waals surface area contributed by atoms with Crippen LogP contribution in [0.3, 0.4) is 0 Å². The quantitative estimate of drug-likeness (QED) is 0.785. The van der Waals surface area contributed by atoms with Gasteiger partial charge >= 0.3 is 0 Å². The van der Waals surface area contributed by atoms with E-state index < -0.39 is 0 Å². The first kappa shape index (κ1) is 12.8. The van der Waals surface area contributed by atoms with Gasteiger partial charge in [-0.3, -0.25) is 0 Å². The third-order valence-corrected chi connectivity index (χ3v) is 3.16. The van der Waals surface area contributed by atoms with Crippen LogP contribution >= 0.6 is 0 Å². The van der Waals surface area contributed by atoms with E-state index in [-0.39, 0.29) is 0 Å². The smallest absolute Gasteiger partial charge is 0.00157 e. The average molecular weight is 239 g/mol. The number of rotatable bonds is 4. The van der Waals surface area contributed by atoms with Crippen molar-refractivity contribution in [1.29, 1.82) is 0 Å². The number of likely N-dealkylation sites (N-methyl/N-ethyl adjacent to an activating group) is 1. The van der Waals surface area contributed by atoms with Crippen LogP contribution in [0.1, 0.15) is 11.1 Å². The van der Waals surface area contributed by atoms with Crippen molar-refractivity contribution in [3.63, 3.8) is 0 Å². The van der Waals surface area contributed by atoms with Gasteiger partial charge in [-0.15, -0.1) is 0 Å². The molecule has 0 aliphatic heterocycles. The van der Waals surface area contributed by atoms with Crippen LogP contribution in [-0.2, 0) is 6.42 Å². The van der Waals surface area contributed by atoms with Crippen LogP contribution in [0.2, 0.25) is 0 Å².